The summed E-state index contributed by atoms with van der Waals surface area (Å²) < 4.78 is 12.9. The summed E-state index contributed by atoms with van der Waals surface area (Å²) in [4.78, 5) is 29.5. The lowest BCUT2D eigenvalue weighted by Crippen LogP contribution is -2.22. The fourth-order valence-electron chi connectivity index (χ4n) is 3.11. The van der Waals surface area contributed by atoms with E-state index in [0.29, 0.717) is 10.6 Å². The first-order chi connectivity index (χ1) is 13.8. The second-order valence-corrected chi connectivity index (χ2v) is 7.96. The molecule has 0 bridgehead atoms. The molecule has 0 radical (unpaired) electrons. The number of aryl methyl sites for hydroxylation is 3. The highest BCUT2D eigenvalue weighted by atomic mass is 32.1. The molecule has 1 aromatic heterocycles. The monoisotopic (exact) mass is 412 g/mol. The molecule has 29 heavy (non-hydrogen) atoms. The fourth-order valence-corrected chi connectivity index (χ4v) is 4.23. The molecule has 7 heteroatoms. The number of fused-ring (bicyclic) bond motifs is 1. The van der Waals surface area contributed by atoms with Crippen LogP contribution in [0.2, 0.25) is 0 Å². The Kier molecular flexibility index (Phi) is 6.17. The third-order valence-corrected chi connectivity index (χ3v) is 5.85. The van der Waals surface area contributed by atoms with E-state index in [-0.39, 0.29) is 18.9 Å². The number of nitrogens with zero attached hydrogens (tertiary/aromatic N) is 2. The van der Waals surface area contributed by atoms with Gasteiger partial charge in [0.2, 0.25) is 0 Å². The zero-order valence-corrected chi connectivity index (χ0v) is 18.1. The Morgan fingerprint density at radius 3 is 2.48 bits per heavy atom. The van der Waals surface area contributed by atoms with Gasteiger partial charge < -0.3 is 14.0 Å². The highest BCUT2D eigenvalue weighted by molar-refractivity contribution is 7.16. The summed E-state index contributed by atoms with van der Waals surface area (Å²) in [6, 6.07) is 9.77. The molecule has 1 amide bonds. The number of ether oxygens (including phenoxy) is 2. The number of hydrogen-bond donors (Lipinski definition) is 0. The van der Waals surface area contributed by atoms with Crippen LogP contribution in [0.1, 0.15) is 22.3 Å². The van der Waals surface area contributed by atoms with Crippen molar-refractivity contribution in [2.75, 3.05) is 14.2 Å². The summed E-state index contributed by atoms with van der Waals surface area (Å²) in [5.41, 5.74) is 4.95. The van der Waals surface area contributed by atoms with Gasteiger partial charge in [0.1, 0.15) is 12.3 Å². The summed E-state index contributed by atoms with van der Waals surface area (Å²) >= 11 is 1.39. The molecule has 0 saturated carbocycles. The molecule has 2 aromatic carbocycles. The van der Waals surface area contributed by atoms with Gasteiger partial charge in [-0.2, -0.15) is 4.99 Å². The average Bonchev–Trinajstić information content (AvgIpc) is 2.98. The molecule has 0 aliphatic rings. The molecule has 0 saturated heterocycles. The van der Waals surface area contributed by atoms with E-state index in [2.05, 4.69) is 11.1 Å². The zero-order chi connectivity index (χ0) is 21.1. The minimum atomic E-state index is -0.391. The van der Waals surface area contributed by atoms with E-state index in [0.717, 1.165) is 32.5 Å². The molecule has 6 nitrogen and oxygen atoms in total. The third kappa shape index (κ3) is 4.56. The highest BCUT2D eigenvalue weighted by Gasteiger charge is 2.14. The van der Waals surface area contributed by atoms with Gasteiger partial charge in [-0.15, -0.1) is 0 Å². The summed E-state index contributed by atoms with van der Waals surface area (Å²) in [5, 5.41) is 0. The Labute approximate surface area is 173 Å². The molecule has 0 spiro atoms. The number of methoxy groups -OCH3 is 2. The van der Waals surface area contributed by atoms with E-state index < -0.39 is 5.97 Å². The highest BCUT2D eigenvalue weighted by Crippen LogP contribution is 2.23. The van der Waals surface area contributed by atoms with Gasteiger partial charge in [-0.25, -0.2) is 0 Å². The molecule has 152 valence electrons. The lowest BCUT2D eigenvalue weighted by Gasteiger charge is -2.08. The van der Waals surface area contributed by atoms with Crippen molar-refractivity contribution in [3.63, 3.8) is 0 Å². The largest absolute Gasteiger partial charge is 0.496 e. The number of hydrogen-bond acceptors (Lipinski definition) is 5. The van der Waals surface area contributed by atoms with E-state index in [9.17, 15) is 9.59 Å². The van der Waals surface area contributed by atoms with Crippen molar-refractivity contribution < 1.29 is 19.1 Å². The fraction of sp³-hybridized carbons (Fsp3) is 0.318. The van der Waals surface area contributed by atoms with Crippen LogP contribution in [0.15, 0.2) is 35.3 Å². The van der Waals surface area contributed by atoms with Crippen molar-refractivity contribution in [2.24, 2.45) is 4.99 Å². The van der Waals surface area contributed by atoms with Crippen molar-refractivity contribution in [3.05, 3.63) is 57.4 Å². The van der Waals surface area contributed by atoms with Crippen molar-refractivity contribution in [2.45, 2.75) is 33.7 Å². The maximum atomic E-state index is 12.7. The molecule has 0 fully saturated rings. The number of benzene rings is 2. The van der Waals surface area contributed by atoms with E-state index in [1.165, 1.54) is 18.4 Å². The van der Waals surface area contributed by atoms with Gasteiger partial charge in [0, 0.05) is 5.56 Å². The maximum absolute atomic E-state index is 12.7. The van der Waals surface area contributed by atoms with Crippen LogP contribution in [0, 0.1) is 20.8 Å². The van der Waals surface area contributed by atoms with Crippen molar-refractivity contribution in [3.8, 4) is 5.75 Å². The zero-order valence-electron chi connectivity index (χ0n) is 17.2. The summed E-state index contributed by atoms with van der Waals surface area (Å²) in [5.74, 6) is -0.0335. The lowest BCUT2D eigenvalue weighted by atomic mass is 10.1. The number of amides is 1. The molecule has 3 rings (SSSR count). The van der Waals surface area contributed by atoms with Gasteiger partial charge >= 0.3 is 5.97 Å². The molecule has 3 aromatic rings. The number of rotatable bonds is 5. The second kappa shape index (κ2) is 8.61. The molecule has 0 atom stereocenters. The van der Waals surface area contributed by atoms with Gasteiger partial charge in [0.05, 0.1) is 30.9 Å². The first-order valence-electron chi connectivity index (χ1n) is 9.21. The maximum Gasteiger partial charge on any atom is 0.325 e. The summed E-state index contributed by atoms with van der Waals surface area (Å²) in [7, 11) is 2.93. The Morgan fingerprint density at radius 1 is 1.07 bits per heavy atom. The Hall–Kier alpha value is -2.93. The number of carbonyl (C=O) groups excluding carboxylic acids is 2. The van der Waals surface area contributed by atoms with Crippen LogP contribution >= 0.6 is 11.3 Å². The van der Waals surface area contributed by atoms with E-state index >= 15 is 0 Å². The number of esters is 1. The smallest absolute Gasteiger partial charge is 0.325 e. The van der Waals surface area contributed by atoms with Crippen LogP contribution < -0.4 is 9.54 Å². The quantitative estimate of drug-likeness (QED) is 0.602. The lowest BCUT2D eigenvalue weighted by molar-refractivity contribution is -0.141. The van der Waals surface area contributed by atoms with E-state index in [1.54, 1.807) is 11.7 Å². The predicted octanol–water partition coefficient (Wildman–Crippen LogP) is 3.48. The van der Waals surface area contributed by atoms with Crippen LogP contribution in [0.3, 0.4) is 0 Å². The molecule has 0 N–H and O–H groups in total. The van der Waals surface area contributed by atoms with E-state index in [4.69, 9.17) is 9.47 Å². The normalized spacial score (nSPS) is 11.7. The van der Waals surface area contributed by atoms with Crippen LogP contribution in [0.4, 0.5) is 0 Å². The molecular weight excluding hydrogens is 388 g/mol. The molecule has 0 unspecified atom stereocenters. The second-order valence-electron chi connectivity index (χ2n) is 6.95. The Bertz CT molecular complexity index is 1160. The average molecular weight is 413 g/mol. The Balaban J connectivity index is 2.06. The number of aromatic nitrogens is 1. The predicted molar refractivity (Wildman–Crippen MR) is 113 cm³/mol. The van der Waals surface area contributed by atoms with Crippen LogP contribution in [-0.4, -0.2) is 30.7 Å². The van der Waals surface area contributed by atoms with Gasteiger partial charge in [-0.1, -0.05) is 29.0 Å². The minimum absolute atomic E-state index is 0.00111. The van der Waals surface area contributed by atoms with E-state index in [1.807, 2.05) is 45.0 Å². The van der Waals surface area contributed by atoms with Crippen LogP contribution in [0.25, 0.3) is 10.2 Å². The van der Waals surface area contributed by atoms with Crippen molar-refractivity contribution in [1.82, 2.24) is 4.57 Å². The summed E-state index contributed by atoms with van der Waals surface area (Å²) in [6.45, 7) is 6.01. The minimum Gasteiger partial charge on any atom is -0.496 e. The first-order valence-corrected chi connectivity index (χ1v) is 10.0. The van der Waals surface area contributed by atoms with Gasteiger partial charge in [0.25, 0.3) is 5.91 Å². The standard InChI is InChI=1S/C22H24N2O4S/c1-13-6-7-18(27-4)16(8-13)11-20(25)23-22-24(12-21(26)28-5)17-9-14(2)15(3)10-19(17)29-22/h6-10H,11-12H2,1-5H3. The third-order valence-electron chi connectivity index (χ3n) is 4.81. The SMILES string of the molecule is COC(=O)Cn1c(=NC(=O)Cc2cc(C)ccc2OC)sc2cc(C)c(C)cc21. The van der Waals surface area contributed by atoms with Crippen molar-refractivity contribution >= 4 is 33.4 Å². The molecule has 0 aliphatic heterocycles. The molecular formula is C22H24N2O4S. The Morgan fingerprint density at radius 2 is 1.79 bits per heavy atom. The number of carbonyl (C=O) groups is 2. The first kappa shape index (κ1) is 20.8. The summed E-state index contributed by atoms with van der Waals surface area (Å²) in [6.07, 6.45) is 0.120. The number of thiazole rings is 1. The van der Waals surface area contributed by atoms with Crippen LogP contribution in [0.5, 0.6) is 5.75 Å². The van der Waals surface area contributed by atoms with Gasteiger partial charge in [0.15, 0.2) is 4.80 Å². The van der Waals surface area contributed by atoms with Gasteiger partial charge in [-0.3, -0.25) is 9.59 Å². The van der Waals surface area contributed by atoms with Crippen LogP contribution in [-0.2, 0) is 27.3 Å². The molecule has 1 heterocycles. The topological polar surface area (TPSA) is 69.9 Å². The van der Waals surface area contributed by atoms with Gasteiger partial charge in [-0.05, 0) is 50.1 Å². The van der Waals surface area contributed by atoms with Crippen molar-refractivity contribution in [1.29, 1.82) is 0 Å². The molecule has 0 aliphatic carbocycles.